The van der Waals surface area contributed by atoms with Crippen molar-refractivity contribution in [3.63, 3.8) is 0 Å². The van der Waals surface area contributed by atoms with E-state index in [0.29, 0.717) is 0 Å². The standard InChI is InChI=1S/C16H15F3N4O3S/c1-3-26-13(24)11-8-20-15(27-2)23-12(11)22-14(25)21-10-6-4-5-9(7-10)16(17,18)19/h4-8H,3H2,1-2H3,(H2,20,21,22,23,25). The highest BCUT2D eigenvalue weighted by Crippen LogP contribution is 2.30. The Morgan fingerprint density at radius 2 is 2.00 bits per heavy atom. The van der Waals surface area contributed by atoms with E-state index in [9.17, 15) is 22.8 Å². The normalized spacial score (nSPS) is 11.0. The number of nitrogens with one attached hydrogen (secondary N) is 2. The van der Waals surface area contributed by atoms with E-state index >= 15 is 0 Å². The Morgan fingerprint density at radius 1 is 1.26 bits per heavy atom. The van der Waals surface area contributed by atoms with Crippen molar-refractivity contribution in [3.8, 4) is 0 Å². The predicted molar refractivity (Wildman–Crippen MR) is 93.9 cm³/mol. The molecule has 0 aliphatic rings. The van der Waals surface area contributed by atoms with Crippen LogP contribution in [0.4, 0.5) is 29.5 Å². The molecule has 11 heteroatoms. The van der Waals surface area contributed by atoms with Gasteiger partial charge in [-0.3, -0.25) is 5.32 Å². The van der Waals surface area contributed by atoms with Crippen LogP contribution in [0, 0.1) is 0 Å². The van der Waals surface area contributed by atoms with Gasteiger partial charge in [-0.25, -0.2) is 19.6 Å². The molecular weight excluding hydrogens is 385 g/mol. The van der Waals surface area contributed by atoms with Crippen LogP contribution in [-0.4, -0.2) is 34.8 Å². The summed E-state index contributed by atoms with van der Waals surface area (Å²) in [6.45, 7) is 1.72. The second-order valence-corrected chi connectivity index (χ2v) is 5.77. The maximum Gasteiger partial charge on any atom is 0.416 e. The van der Waals surface area contributed by atoms with E-state index in [1.807, 2.05) is 0 Å². The first-order chi connectivity index (χ1) is 12.7. The number of carbonyl (C=O) groups excluding carboxylic acids is 2. The summed E-state index contributed by atoms with van der Waals surface area (Å²) in [5.41, 5.74) is -1.05. The van der Waals surface area contributed by atoms with E-state index in [2.05, 4.69) is 20.6 Å². The molecule has 0 saturated heterocycles. The van der Waals surface area contributed by atoms with E-state index in [0.717, 1.165) is 12.1 Å². The number of hydrogen-bond acceptors (Lipinski definition) is 6. The van der Waals surface area contributed by atoms with Crippen molar-refractivity contribution in [3.05, 3.63) is 41.6 Å². The largest absolute Gasteiger partial charge is 0.462 e. The molecule has 27 heavy (non-hydrogen) atoms. The number of anilines is 2. The average Bonchev–Trinajstić information content (AvgIpc) is 2.61. The molecule has 2 amide bonds. The lowest BCUT2D eigenvalue weighted by molar-refractivity contribution is -0.137. The fourth-order valence-electron chi connectivity index (χ4n) is 1.96. The summed E-state index contributed by atoms with van der Waals surface area (Å²) in [5.74, 6) is -0.850. The molecule has 7 nitrogen and oxygen atoms in total. The Kier molecular flexibility index (Phi) is 6.61. The summed E-state index contributed by atoms with van der Waals surface area (Å²) in [7, 11) is 0. The summed E-state index contributed by atoms with van der Waals surface area (Å²) in [6, 6.07) is 3.27. The Balaban J connectivity index is 2.21. The van der Waals surface area contributed by atoms with Gasteiger partial charge in [0.05, 0.1) is 12.2 Å². The Hall–Kier alpha value is -2.82. The van der Waals surface area contributed by atoms with Crippen molar-refractivity contribution in [1.82, 2.24) is 9.97 Å². The molecule has 1 aromatic heterocycles. The Morgan fingerprint density at radius 3 is 2.63 bits per heavy atom. The third-order valence-electron chi connectivity index (χ3n) is 3.12. The molecule has 0 aliphatic carbocycles. The van der Waals surface area contributed by atoms with Crippen molar-refractivity contribution < 1.29 is 27.5 Å². The molecule has 0 radical (unpaired) electrons. The molecule has 0 saturated carbocycles. The third kappa shape index (κ3) is 5.58. The Labute approximate surface area is 156 Å². The number of halogens is 3. The second kappa shape index (κ2) is 8.71. The SMILES string of the molecule is CCOC(=O)c1cnc(SC)nc1NC(=O)Nc1cccc(C(F)(F)F)c1. The first-order valence-electron chi connectivity index (χ1n) is 7.58. The van der Waals surface area contributed by atoms with Gasteiger partial charge in [-0.05, 0) is 31.4 Å². The molecule has 0 aliphatic heterocycles. The van der Waals surface area contributed by atoms with Crippen LogP contribution >= 0.6 is 11.8 Å². The lowest BCUT2D eigenvalue weighted by Crippen LogP contribution is -2.23. The number of ether oxygens (including phenoxy) is 1. The number of benzene rings is 1. The Bertz CT molecular complexity index is 846. The molecule has 0 bridgehead atoms. The third-order valence-corrected chi connectivity index (χ3v) is 3.69. The molecule has 0 spiro atoms. The van der Waals surface area contributed by atoms with E-state index in [1.54, 1.807) is 13.2 Å². The van der Waals surface area contributed by atoms with Crippen LogP contribution < -0.4 is 10.6 Å². The molecule has 0 unspecified atom stereocenters. The van der Waals surface area contributed by atoms with Crippen molar-refractivity contribution >= 4 is 35.3 Å². The molecule has 0 fully saturated rings. The summed E-state index contributed by atoms with van der Waals surface area (Å²) >= 11 is 1.18. The quantitative estimate of drug-likeness (QED) is 0.447. The second-order valence-electron chi connectivity index (χ2n) is 5.00. The molecule has 0 atom stereocenters. The average molecular weight is 400 g/mol. The number of urea groups is 1. The number of aromatic nitrogens is 2. The molecule has 1 heterocycles. The van der Waals surface area contributed by atoms with Gasteiger partial charge >= 0.3 is 18.2 Å². The first-order valence-corrected chi connectivity index (χ1v) is 8.80. The summed E-state index contributed by atoms with van der Waals surface area (Å²) < 4.78 is 43.1. The van der Waals surface area contributed by atoms with Crippen molar-refractivity contribution in [2.45, 2.75) is 18.3 Å². The van der Waals surface area contributed by atoms with Crippen molar-refractivity contribution in [2.75, 3.05) is 23.5 Å². The minimum Gasteiger partial charge on any atom is -0.462 e. The summed E-state index contributed by atoms with van der Waals surface area (Å²) in [6.07, 6.45) is -1.63. The zero-order valence-electron chi connectivity index (χ0n) is 14.3. The molecule has 2 N–H and O–H groups in total. The zero-order valence-corrected chi connectivity index (χ0v) is 15.1. The van der Waals surface area contributed by atoms with Gasteiger partial charge in [-0.2, -0.15) is 13.2 Å². The van der Waals surface area contributed by atoms with Crippen LogP contribution in [0.5, 0.6) is 0 Å². The number of hydrogen-bond donors (Lipinski definition) is 2. The minimum atomic E-state index is -4.54. The lowest BCUT2D eigenvalue weighted by atomic mass is 10.2. The molecule has 144 valence electrons. The number of amides is 2. The van der Waals surface area contributed by atoms with E-state index in [-0.39, 0.29) is 28.8 Å². The van der Waals surface area contributed by atoms with Crippen LogP contribution in [0.25, 0.3) is 0 Å². The number of thioether (sulfide) groups is 1. The highest BCUT2D eigenvalue weighted by atomic mass is 32.2. The fraction of sp³-hybridized carbons (Fsp3) is 0.250. The van der Waals surface area contributed by atoms with Crippen LogP contribution in [0.3, 0.4) is 0 Å². The van der Waals surface area contributed by atoms with E-state index in [4.69, 9.17) is 4.74 Å². The van der Waals surface area contributed by atoms with Gasteiger partial charge in [0.1, 0.15) is 5.56 Å². The maximum atomic E-state index is 12.8. The van der Waals surface area contributed by atoms with Crippen LogP contribution in [0.1, 0.15) is 22.8 Å². The highest BCUT2D eigenvalue weighted by molar-refractivity contribution is 7.98. The highest BCUT2D eigenvalue weighted by Gasteiger charge is 2.30. The molecule has 2 aromatic rings. The van der Waals surface area contributed by atoms with Gasteiger partial charge in [0.2, 0.25) is 0 Å². The lowest BCUT2D eigenvalue weighted by Gasteiger charge is -2.12. The summed E-state index contributed by atoms with van der Waals surface area (Å²) in [5, 5.41) is 4.89. The topological polar surface area (TPSA) is 93.2 Å². The maximum absolute atomic E-state index is 12.8. The molecule has 1 aromatic carbocycles. The van der Waals surface area contributed by atoms with Crippen LogP contribution in [0.15, 0.2) is 35.6 Å². The van der Waals surface area contributed by atoms with Gasteiger partial charge in [-0.1, -0.05) is 17.8 Å². The van der Waals surface area contributed by atoms with Gasteiger partial charge in [0, 0.05) is 11.9 Å². The van der Waals surface area contributed by atoms with Gasteiger partial charge < -0.3 is 10.1 Å². The smallest absolute Gasteiger partial charge is 0.416 e. The van der Waals surface area contributed by atoms with Gasteiger partial charge in [0.25, 0.3) is 0 Å². The number of alkyl halides is 3. The number of esters is 1. The van der Waals surface area contributed by atoms with Crippen LogP contribution in [0.2, 0.25) is 0 Å². The minimum absolute atomic E-state index is 0.0702. The number of carbonyl (C=O) groups is 2. The van der Waals surface area contributed by atoms with E-state index in [1.165, 1.54) is 30.1 Å². The number of rotatable bonds is 5. The number of nitrogens with zero attached hydrogens (tertiary/aromatic N) is 2. The molecular formula is C16H15F3N4O3S. The van der Waals surface area contributed by atoms with Gasteiger partial charge in [0.15, 0.2) is 11.0 Å². The predicted octanol–water partition coefficient (Wildman–Crippen LogP) is 4.04. The zero-order chi connectivity index (χ0) is 20.0. The first kappa shape index (κ1) is 20.5. The summed E-state index contributed by atoms with van der Waals surface area (Å²) in [4.78, 5) is 32.1. The fourth-order valence-corrected chi connectivity index (χ4v) is 2.30. The van der Waals surface area contributed by atoms with Crippen molar-refractivity contribution in [1.29, 1.82) is 0 Å². The van der Waals surface area contributed by atoms with Gasteiger partial charge in [-0.15, -0.1) is 0 Å². The monoisotopic (exact) mass is 400 g/mol. The van der Waals surface area contributed by atoms with Crippen LogP contribution in [-0.2, 0) is 10.9 Å². The van der Waals surface area contributed by atoms with E-state index < -0.39 is 23.7 Å². The van der Waals surface area contributed by atoms with Crippen molar-refractivity contribution in [2.24, 2.45) is 0 Å². The molecule has 2 rings (SSSR count).